The molecule has 3 heterocycles. The Morgan fingerprint density at radius 3 is 2.69 bits per heavy atom. The summed E-state index contributed by atoms with van der Waals surface area (Å²) < 4.78 is 5.28. The number of amides is 1. The number of ether oxygens (including phenoxy) is 1. The van der Waals surface area contributed by atoms with E-state index in [2.05, 4.69) is 15.2 Å². The number of β-amino-alcohol motifs (C(OH)–C–C–N with tert-alkyl or cyclic N) is 1. The number of pyridine rings is 1. The third-order valence-electron chi connectivity index (χ3n) is 5.07. The van der Waals surface area contributed by atoms with Crippen molar-refractivity contribution in [2.75, 3.05) is 64.4 Å². The van der Waals surface area contributed by atoms with Crippen LogP contribution in [0, 0.1) is 5.92 Å². The van der Waals surface area contributed by atoms with Gasteiger partial charge in [-0.25, -0.2) is 4.98 Å². The molecule has 0 unspecified atom stereocenters. The summed E-state index contributed by atoms with van der Waals surface area (Å²) in [5.74, 6) is 1.14. The van der Waals surface area contributed by atoms with Gasteiger partial charge >= 0.3 is 0 Å². The Kier molecular flexibility index (Phi) is 7.07. The molecule has 0 radical (unpaired) electrons. The van der Waals surface area contributed by atoms with E-state index in [-0.39, 0.29) is 12.5 Å². The predicted molar refractivity (Wildman–Crippen MR) is 101 cm³/mol. The first-order chi connectivity index (χ1) is 12.7. The zero-order valence-corrected chi connectivity index (χ0v) is 15.7. The van der Waals surface area contributed by atoms with Crippen molar-refractivity contribution in [2.45, 2.75) is 12.8 Å². The third-order valence-corrected chi connectivity index (χ3v) is 5.36. The molecule has 0 aromatic carbocycles. The molecule has 0 atom stereocenters. The molecular weight excluding hydrogens is 356 g/mol. The fraction of sp³-hybridized carbons (Fsp3) is 0.667. The van der Waals surface area contributed by atoms with Crippen molar-refractivity contribution in [3.05, 3.63) is 22.8 Å². The van der Waals surface area contributed by atoms with E-state index in [0.717, 1.165) is 39.0 Å². The SMILES string of the molecule is O=C(c1cnc(NCC2CCN(CCO)CC2)c(Cl)c1)N1CCOCC1. The van der Waals surface area contributed by atoms with E-state index in [0.29, 0.717) is 48.6 Å². The average Bonchev–Trinajstić information content (AvgIpc) is 2.68. The molecule has 0 aliphatic carbocycles. The van der Waals surface area contributed by atoms with Crippen molar-refractivity contribution >= 4 is 23.3 Å². The van der Waals surface area contributed by atoms with Gasteiger partial charge in [-0.05, 0) is 37.9 Å². The Labute approximate surface area is 159 Å². The monoisotopic (exact) mass is 382 g/mol. The van der Waals surface area contributed by atoms with Gasteiger partial charge < -0.3 is 25.0 Å². The van der Waals surface area contributed by atoms with Crippen LogP contribution in [0.2, 0.25) is 5.02 Å². The van der Waals surface area contributed by atoms with Crippen LogP contribution < -0.4 is 5.32 Å². The molecule has 144 valence electrons. The number of aliphatic hydroxyl groups excluding tert-OH is 1. The van der Waals surface area contributed by atoms with Crippen molar-refractivity contribution in [1.29, 1.82) is 0 Å². The molecule has 7 nitrogen and oxygen atoms in total. The van der Waals surface area contributed by atoms with Crippen molar-refractivity contribution in [3.8, 4) is 0 Å². The van der Waals surface area contributed by atoms with Gasteiger partial charge in [0.25, 0.3) is 5.91 Å². The maximum atomic E-state index is 12.5. The molecule has 1 amide bonds. The van der Waals surface area contributed by atoms with Crippen LogP contribution in [0.1, 0.15) is 23.2 Å². The Morgan fingerprint density at radius 2 is 2.04 bits per heavy atom. The zero-order valence-electron chi connectivity index (χ0n) is 15.0. The van der Waals surface area contributed by atoms with Crippen LogP contribution in [0.25, 0.3) is 0 Å². The summed E-state index contributed by atoms with van der Waals surface area (Å²) in [7, 11) is 0. The van der Waals surface area contributed by atoms with Crippen LogP contribution in [0.4, 0.5) is 5.82 Å². The Morgan fingerprint density at radius 1 is 1.31 bits per heavy atom. The number of hydrogen-bond donors (Lipinski definition) is 2. The Bertz CT molecular complexity index is 602. The van der Waals surface area contributed by atoms with Gasteiger partial charge in [-0.3, -0.25) is 4.79 Å². The molecule has 8 heteroatoms. The Balaban J connectivity index is 1.51. The van der Waals surface area contributed by atoms with E-state index in [1.165, 1.54) is 0 Å². The van der Waals surface area contributed by atoms with Crippen molar-refractivity contribution in [2.24, 2.45) is 5.92 Å². The van der Waals surface area contributed by atoms with E-state index in [4.69, 9.17) is 21.4 Å². The van der Waals surface area contributed by atoms with E-state index < -0.39 is 0 Å². The highest BCUT2D eigenvalue weighted by atomic mass is 35.5. The minimum Gasteiger partial charge on any atom is -0.395 e. The molecule has 3 rings (SSSR count). The quantitative estimate of drug-likeness (QED) is 0.772. The lowest BCUT2D eigenvalue weighted by Gasteiger charge is -2.31. The number of nitrogens with one attached hydrogen (secondary N) is 1. The zero-order chi connectivity index (χ0) is 18.4. The maximum absolute atomic E-state index is 12.5. The third kappa shape index (κ3) is 5.07. The van der Waals surface area contributed by atoms with E-state index >= 15 is 0 Å². The predicted octanol–water partition coefficient (Wildman–Crippen LogP) is 1.32. The van der Waals surface area contributed by atoms with Gasteiger partial charge in [0, 0.05) is 32.4 Å². The molecule has 2 fully saturated rings. The minimum absolute atomic E-state index is 0.0505. The first-order valence-electron chi connectivity index (χ1n) is 9.27. The number of aliphatic hydroxyl groups is 1. The van der Waals surface area contributed by atoms with Gasteiger partial charge in [0.1, 0.15) is 5.82 Å². The second-order valence-corrected chi connectivity index (χ2v) is 7.26. The lowest BCUT2D eigenvalue weighted by atomic mass is 9.97. The lowest BCUT2D eigenvalue weighted by Crippen LogP contribution is -2.40. The Hall–Kier alpha value is -1.41. The average molecular weight is 383 g/mol. The molecule has 0 bridgehead atoms. The first-order valence-corrected chi connectivity index (χ1v) is 9.65. The topological polar surface area (TPSA) is 77.9 Å². The number of nitrogens with zero attached hydrogens (tertiary/aromatic N) is 3. The molecule has 2 N–H and O–H groups in total. The molecular formula is C18H27ClN4O3. The number of piperidine rings is 1. The molecule has 26 heavy (non-hydrogen) atoms. The summed E-state index contributed by atoms with van der Waals surface area (Å²) in [4.78, 5) is 20.9. The molecule has 0 spiro atoms. The number of carbonyl (C=O) groups excluding carboxylic acids is 1. The molecule has 2 saturated heterocycles. The van der Waals surface area contributed by atoms with E-state index in [1.54, 1.807) is 17.2 Å². The van der Waals surface area contributed by atoms with Crippen LogP contribution in [0.3, 0.4) is 0 Å². The van der Waals surface area contributed by atoms with Gasteiger partial charge in [-0.15, -0.1) is 0 Å². The molecule has 0 saturated carbocycles. The van der Waals surface area contributed by atoms with Crippen molar-refractivity contribution < 1.29 is 14.6 Å². The van der Waals surface area contributed by atoms with Gasteiger partial charge in [0.15, 0.2) is 0 Å². The summed E-state index contributed by atoms with van der Waals surface area (Å²) in [6.07, 6.45) is 3.78. The molecule has 2 aliphatic heterocycles. The smallest absolute Gasteiger partial charge is 0.255 e. The standard InChI is InChI=1S/C18H27ClN4O3/c19-16-11-15(18(25)23-6-9-26-10-7-23)13-21-17(16)20-12-14-1-3-22(4-2-14)5-8-24/h11,13-14,24H,1-10,12H2,(H,20,21). The van der Waals surface area contributed by atoms with Gasteiger partial charge in [0.05, 0.1) is 30.4 Å². The van der Waals surface area contributed by atoms with E-state index in [1.807, 2.05) is 0 Å². The van der Waals surface area contributed by atoms with Crippen LogP contribution in [0.15, 0.2) is 12.3 Å². The fourth-order valence-corrected chi connectivity index (χ4v) is 3.66. The number of aromatic nitrogens is 1. The van der Waals surface area contributed by atoms with Crippen LogP contribution in [-0.4, -0.2) is 84.9 Å². The molecule has 2 aliphatic rings. The first kappa shape index (κ1) is 19.4. The normalized spacial score (nSPS) is 19.5. The summed E-state index contributed by atoms with van der Waals surface area (Å²) in [5.41, 5.74) is 0.514. The largest absolute Gasteiger partial charge is 0.395 e. The highest BCUT2D eigenvalue weighted by molar-refractivity contribution is 6.33. The van der Waals surface area contributed by atoms with Gasteiger partial charge in [-0.2, -0.15) is 0 Å². The van der Waals surface area contributed by atoms with E-state index in [9.17, 15) is 4.79 Å². The fourth-order valence-electron chi connectivity index (χ4n) is 3.43. The molecule has 1 aromatic heterocycles. The van der Waals surface area contributed by atoms with Crippen LogP contribution in [-0.2, 0) is 4.74 Å². The molecule has 1 aromatic rings. The van der Waals surface area contributed by atoms with Gasteiger partial charge in [-0.1, -0.05) is 11.6 Å². The van der Waals surface area contributed by atoms with Crippen molar-refractivity contribution in [1.82, 2.24) is 14.8 Å². The summed E-state index contributed by atoms with van der Waals surface area (Å²) in [6, 6.07) is 1.69. The van der Waals surface area contributed by atoms with Crippen LogP contribution >= 0.6 is 11.6 Å². The summed E-state index contributed by atoms with van der Waals surface area (Å²) in [6.45, 7) is 6.17. The lowest BCUT2D eigenvalue weighted by molar-refractivity contribution is 0.0302. The highest BCUT2D eigenvalue weighted by Gasteiger charge is 2.21. The number of likely N-dealkylation sites (tertiary alicyclic amines) is 1. The number of anilines is 1. The number of halogens is 1. The number of carbonyl (C=O) groups is 1. The highest BCUT2D eigenvalue weighted by Crippen LogP contribution is 2.23. The minimum atomic E-state index is -0.0505. The number of hydrogen-bond acceptors (Lipinski definition) is 6. The van der Waals surface area contributed by atoms with Crippen LogP contribution in [0.5, 0.6) is 0 Å². The van der Waals surface area contributed by atoms with Crippen molar-refractivity contribution in [3.63, 3.8) is 0 Å². The summed E-state index contributed by atoms with van der Waals surface area (Å²) >= 11 is 6.34. The second kappa shape index (κ2) is 9.50. The maximum Gasteiger partial charge on any atom is 0.255 e. The number of morpholine rings is 1. The number of rotatable bonds is 6. The van der Waals surface area contributed by atoms with Gasteiger partial charge in [0.2, 0.25) is 0 Å². The summed E-state index contributed by atoms with van der Waals surface area (Å²) in [5, 5.41) is 12.8. The second-order valence-electron chi connectivity index (χ2n) is 6.85.